The Balaban J connectivity index is 2.72. The maximum atomic E-state index is 11.6. The van der Waals surface area contributed by atoms with E-state index >= 15 is 0 Å². The van der Waals surface area contributed by atoms with Gasteiger partial charge in [0.15, 0.2) is 0 Å². The van der Waals surface area contributed by atoms with E-state index in [1.54, 1.807) is 24.0 Å². The van der Waals surface area contributed by atoms with Gasteiger partial charge in [-0.3, -0.25) is 4.79 Å². The summed E-state index contributed by atoms with van der Waals surface area (Å²) in [6.45, 7) is 5.85. The fourth-order valence-electron chi connectivity index (χ4n) is 1.19. The van der Waals surface area contributed by atoms with Crippen molar-refractivity contribution in [2.45, 2.75) is 32.9 Å². The highest BCUT2D eigenvalue weighted by Crippen LogP contribution is 2.12. The van der Waals surface area contributed by atoms with E-state index < -0.39 is 0 Å². The van der Waals surface area contributed by atoms with Gasteiger partial charge < -0.3 is 10.6 Å². The summed E-state index contributed by atoms with van der Waals surface area (Å²) in [6.07, 6.45) is 1.68. The van der Waals surface area contributed by atoms with E-state index in [0.717, 1.165) is 5.82 Å². The molecule has 1 amide bonds. The van der Waals surface area contributed by atoms with E-state index in [1.807, 2.05) is 20.8 Å². The Kier molecular flexibility index (Phi) is 3.85. The van der Waals surface area contributed by atoms with Crippen LogP contribution in [0.2, 0.25) is 0 Å². The highest BCUT2D eigenvalue weighted by atomic mass is 16.2. The lowest BCUT2D eigenvalue weighted by atomic mass is 10.3. The first-order valence-electron chi connectivity index (χ1n) is 5.08. The predicted octanol–water partition coefficient (Wildman–Crippen LogP) is 1.01. The Morgan fingerprint density at radius 3 is 2.67 bits per heavy atom. The summed E-state index contributed by atoms with van der Waals surface area (Å²) in [7, 11) is 1.75. The largest absolute Gasteiger partial charge is 0.310 e. The molecule has 1 aromatic heterocycles. The van der Waals surface area contributed by atoms with Crippen molar-refractivity contribution < 1.29 is 4.79 Å². The van der Waals surface area contributed by atoms with Crippen LogP contribution < -0.4 is 10.6 Å². The number of carbonyl (C=O) groups is 1. The van der Waals surface area contributed by atoms with Gasteiger partial charge in [-0.1, -0.05) is 0 Å². The Morgan fingerprint density at radius 2 is 2.13 bits per heavy atom. The van der Waals surface area contributed by atoms with Crippen LogP contribution in [0.15, 0.2) is 12.3 Å². The third-order valence-electron chi connectivity index (χ3n) is 2.24. The topological polar surface area (TPSA) is 59.0 Å². The van der Waals surface area contributed by atoms with Gasteiger partial charge in [-0.15, -0.1) is 0 Å². The quantitative estimate of drug-likeness (QED) is 0.779. The van der Waals surface area contributed by atoms with Crippen LogP contribution in [0, 0.1) is 0 Å². The van der Waals surface area contributed by atoms with Crippen LogP contribution in [0.3, 0.4) is 0 Å². The summed E-state index contributed by atoms with van der Waals surface area (Å²) in [5.74, 6) is 0.678. The molecule has 5 nitrogen and oxygen atoms in total. The molecule has 0 radical (unpaired) electrons. The van der Waals surface area contributed by atoms with E-state index in [2.05, 4.69) is 15.7 Å². The van der Waals surface area contributed by atoms with Crippen molar-refractivity contribution in [3.05, 3.63) is 12.3 Å². The zero-order chi connectivity index (χ0) is 11.4. The molecule has 0 aliphatic carbocycles. The van der Waals surface area contributed by atoms with Crippen molar-refractivity contribution in [3.63, 3.8) is 0 Å². The van der Waals surface area contributed by atoms with Gasteiger partial charge in [0.05, 0.1) is 12.2 Å². The van der Waals surface area contributed by atoms with Crippen LogP contribution in [0.1, 0.15) is 26.8 Å². The Morgan fingerprint density at radius 1 is 1.47 bits per heavy atom. The summed E-state index contributed by atoms with van der Waals surface area (Å²) in [5, 5.41) is 9.84. The number of hydrogen-bond acceptors (Lipinski definition) is 3. The molecule has 0 saturated heterocycles. The van der Waals surface area contributed by atoms with Crippen LogP contribution >= 0.6 is 0 Å². The van der Waals surface area contributed by atoms with Crippen molar-refractivity contribution in [1.29, 1.82) is 0 Å². The molecule has 0 aromatic carbocycles. The van der Waals surface area contributed by atoms with Crippen molar-refractivity contribution in [2.24, 2.45) is 0 Å². The van der Waals surface area contributed by atoms with Crippen molar-refractivity contribution >= 4 is 11.7 Å². The number of anilines is 1. The fraction of sp³-hybridized carbons (Fsp3) is 0.600. The average molecular weight is 210 g/mol. The molecule has 0 saturated carbocycles. The summed E-state index contributed by atoms with van der Waals surface area (Å²) >= 11 is 0. The molecule has 0 aliphatic heterocycles. The number of likely N-dealkylation sites (N-methyl/N-ethyl adjacent to an activating group) is 1. The molecule has 0 fully saturated rings. The van der Waals surface area contributed by atoms with Crippen molar-refractivity contribution in [2.75, 3.05) is 12.4 Å². The number of nitrogens with zero attached hydrogens (tertiary/aromatic N) is 2. The molecule has 0 spiro atoms. The third kappa shape index (κ3) is 2.79. The minimum absolute atomic E-state index is 0.0556. The van der Waals surface area contributed by atoms with Crippen LogP contribution in [0.5, 0.6) is 0 Å². The molecular formula is C10H18N4O. The molecule has 5 heteroatoms. The van der Waals surface area contributed by atoms with Gasteiger partial charge in [-0.25, -0.2) is 4.68 Å². The fourth-order valence-corrected chi connectivity index (χ4v) is 1.19. The Labute approximate surface area is 89.9 Å². The first-order chi connectivity index (χ1) is 7.06. The van der Waals surface area contributed by atoms with Gasteiger partial charge in [-0.2, -0.15) is 5.10 Å². The van der Waals surface area contributed by atoms with E-state index in [4.69, 9.17) is 0 Å². The molecule has 84 valence electrons. The van der Waals surface area contributed by atoms with Gasteiger partial charge in [0.25, 0.3) is 0 Å². The lowest BCUT2D eigenvalue weighted by molar-refractivity contribution is -0.117. The predicted molar refractivity (Wildman–Crippen MR) is 59.8 cm³/mol. The zero-order valence-electron chi connectivity index (χ0n) is 9.61. The van der Waals surface area contributed by atoms with Crippen LogP contribution in [-0.4, -0.2) is 28.8 Å². The normalized spacial score (nSPS) is 12.9. The number of nitrogens with one attached hydrogen (secondary N) is 2. The van der Waals surface area contributed by atoms with Crippen molar-refractivity contribution in [3.8, 4) is 0 Å². The molecule has 15 heavy (non-hydrogen) atoms. The summed E-state index contributed by atoms with van der Waals surface area (Å²) in [6, 6.07) is 1.82. The summed E-state index contributed by atoms with van der Waals surface area (Å²) in [5.41, 5.74) is 0. The number of amides is 1. The lowest BCUT2D eigenvalue weighted by Gasteiger charge is -2.14. The number of hydrogen-bond donors (Lipinski definition) is 2. The molecule has 0 bridgehead atoms. The van der Waals surface area contributed by atoms with Crippen LogP contribution in [0.4, 0.5) is 5.82 Å². The van der Waals surface area contributed by atoms with E-state index in [-0.39, 0.29) is 18.0 Å². The molecular weight excluding hydrogens is 192 g/mol. The maximum Gasteiger partial charge on any atom is 0.242 e. The monoisotopic (exact) mass is 210 g/mol. The van der Waals surface area contributed by atoms with Crippen LogP contribution in [-0.2, 0) is 4.79 Å². The van der Waals surface area contributed by atoms with E-state index in [1.165, 1.54) is 0 Å². The molecule has 0 aliphatic rings. The Bertz CT molecular complexity index is 332. The molecule has 1 rings (SSSR count). The van der Waals surface area contributed by atoms with Gasteiger partial charge >= 0.3 is 0 Å². The van der Waals surface area contributed by atoms with Gasteiger partial charge in [0, 0.05) is 12.1 Å². The standard InChI is InChI=1S/C10H18N4O/c1-7(2)14-9(5-6-12-14)13-10(15)8(3)11-4/h5-8,11H,1-4H3,(H,13,15). The lowest BCUT2D eigenvalue weighted by Crippen LogP contribution is -2.36. The minimum Gasteiger partial charge on any atom is -0.310 e. The smallest absolute Gasteiger partial charge is 0.242 e. The Hall–Kier alpha value is -1.36. The maximum absolute atomic E-state index is 11.6. The molecule has 1 unspecified atom stereocenters. The van der Waals surface area contributed by atoms with Crippen molar-refractivity contribution in [1.82, 2.24) is 15.1 Å². The first kappa shape index (κ1) is 11.7. The highest BCUT2D eigenvalue weighted by Gasteiger charge is 2.13. The highest BCUT2D eigenvalue weighted by molar-refractivity contribution is 5.93. The van der Waals surface area contributed by atoms with E-state index in [9.17, 15) is 4.79 Å². The molecule has 1 heterocycles. The van der Waals surface area contributed by atoms with Gasteiger partial charge in [0.2, 0.25) is 5.91 Å². The zero-order valence-corrected chi connectivity index (χ0v) is 9.61. The summed E-state index contributed by atoms with van der Waals surface area (Å²) < 4.78 is 1.78. The average Bonchev–Trinajstić information content (AvgIpc) is 2.64. The number of aromatic nitrogens is 2. The van der Waals surface area contributed by atoms with Crippen LogP contribution in [0.25, 0.3) is 0 Å². The minimum atomic E-state index is -0.208. The molecule has 1 aromatic rings. The molecule has 2 N–H and O–H groups in total. The summed E-state index contributed by atoms with van der Waals surface area (Å²) in [4.78, 5) is 11.6. The van der Waals surface area contributed by atoms with Gasteiger partial charge in [0.1, 0.15) is 5.82 Å². The first-order valence-corrected chi connectivity index (χ1v) is 5.08. The van der Waals surface area contributed by atoms with Gasteiger partial charge in [-0.05, 0) is 27.8 Å². The second-order valence-corrected chi connectivity index (χ2v) is 3.75. The SMILES string of the molecule is CNC(C)C(=O)Nc1ccnn1C(C)C. The molecule has 1 atom stereocenters. The second-order valence-electron chi connectivity index (χ2n) is 3.75. The third-order valence-corrected chi connectivity index (χ3v) is 2.24. The second kappa shape index (κ2) is 4.93. The number of rotatable bonds is 4. The van der Waals surface area contributed by atoms with E-state index in [0.29, 0.717) is 0 Å². The number of carbonyl (C=O) groups excluding carboxylic acids is 1.